The summed E-state index contributed by atoms with van der Waals surface area (Å²) in [6, 6.07) is 15.4. The van der Waals surface area contributed by atoms with E-state index in [2.05, 4.69) is 89.0 Å². The summed E-state index contributed by atoms with van der Waals surface area (Å²) in [4.78, 5) is 8.22. The minimum absolute atomic E-state index is 0.0335. The number of hydrogen-bond donors (Lipinski definition) is 1. The zero-order valence-corrected chi connectivity index (χ0v) is 15.7. The van der Waals surface area contributed by atoms with Crippen LogP contribution in [0.25, 0.3) is 22.2 Å². The Balaban J connectivity index is 1.99. The van der Waals surface area contributed by atoms with E-state index in [9.17, 15) is 0 Å². The lowest BCUT2D eigenvalue weighted by Gasteiger charge is -2.18. The number of hydrogen-bond acceptors (Lipinski definition) is 1. The smallest absolute Gasteiger partial charge is 0.112 e. The van der Waals surface area contributed by atoms with E-state index in [0.717, 1.165) is 23.3 Å². The topological polar surface area (TPSA) is 28.7 Å². The molecule has 0 aliphatic heterocycles. The van der Waals surface area contributed by atoms with Crippen molar-refractivity contribution < 1.29 is 0 Å². The number of benzene rings is 2. The van der Waals surface area contributed by atoms with Gasteiger partial charge in [0, 0.05) is 5.41 Å². The van der Waals surface area contributed by atoms with Crippen LogP contribution in [0.15, 0.2) is 42.5 Å². The Kier molecular flexibility index (Phi) is 4.03. The van der Waals surface area contributed by atoms with Gasteiger partial charge in [-0.2, -0.15) is 0 Å². The van der Waals surface area contributed by atoms with Crippen LogP contribution in [-0.4, -0.2) is 9.97 Å². The third-order valence-corrected chi connectivity index (χ3v) is 4.19. The molecular weight excluding hydrogens is 292 g/mol. The Morgan fingerprint density at radius 1 is 0.875 bits per heavy atom. The molecule has 3 rings (SSSR count). The van der Waals surface area contributed by atoms with Crippen LogP contribution in [0.3, 0.4) is 0 Å². The van der Waals surface area contributed by atoms with Crippen LogP contribution in [-0.2, 0) is 11.8 Å². The molecule has 0 spiro atoms. The molecule has 126 valence electrons. The molecule has 0 atom stereocenters. The van der Waals surface area contributed by atoms with Crippen molar-refractivity contribution in [1.82, 2.24) is 9.97 Å². The monoisotopic (exact) mass is 320 g/mol. The molecule has 0 fully saturated rings. The number of imidazole rings is 1. The SMILES string of the molecule is CC(C)(C)Cc1cccc(-c2ccc3nc(C(C)(C)C)[nH]c3c2)c1. The van der Waals surface area contributed by atoms with Crippen molar-refractivity contribution >= 4 is 11.0 Å². The largest absolute Gasteiger partial charge is 0.342 e. The van der Waals surface area contributed by atoms with Gasteiger partial charge in [-0.1, -0.05) is 71.9 Å². The lowest BCUT2D eigenvalue weighted by atomic mass is 9.87. The maximum Gasteiger partial charge on any atom is 0.112 e. The lowest BCUT2D eigenvalue weighted by Crippen LogP contribution is -2.12. The summed E-state index contributed by atoms with van der Waals surface area (Å²) in [5.74, 6) is 1.04. The van der Waals surface area contributed by atoms with Crippen molar-refractivity contribution in [2.75, 3.05) is 0 Å². The molecule has 1 heterocycles. The normalized spacial score (nSPS) is 12.8. The van der Waals surface area contributed by atoms with E-state index in [1.165, 1.54) is 16.7 Å². The molecule has 2 nitrogen and oxygen atoms in total. The molecule has 2 heteroatoms. The van der Waals surface area contributed by atoms with Crippen LogP contribution in [0, 0.1) is 5.41 Å². The Labute approximate surface area is 145 Å². The van der Waals surface area contributed by atoms with Gasteiger partial charge in [0.15, 0.2) is 0 Å². The molecule has 0 aliphatic rings. The summed E-state index contributed by atoms with van der Waals surface area (Å²) in [6.45, 7) is 13.4. The highest BCUT2D eigenvalue weighted by molar-refractivity contribution is 5.82. The first-order chi connectivity index (χ1) is 11.1. The first kappa shape index (κ1) is 16.8. The Hall–Kier alpha value is -2.09. The summed E-state index contributed by atoms with van der Waals surface area (Å²) in [5.41, 5.74) is 6.38. The minimum atomic E-state index is 0.0335. The molecule has 2 aromatic carbocycles. The lowest BCUT2D eigenvalue weighted by molar-refractivity contribution is 0.411. The molecule has 24 heavy (non-hydrogen) atoms. The van der Waals surface area contributed by atoms with Crippen molar-refractivity contribution in [2.45, 2.75) is 53.4 Å². The van der Waals surface area contributed by atoms with E-state index in [0.29, 0.717) is 5.41 Å². The van der Waals surface area contributed by atoms with Gasteiger partial charge in [-0.15, -0.1) is 0 Å². The van der Waals surface area contributed by atoms with E-state index in [1.54, 1.807) is 0 Å². The number of aromatic nitrogens is 2. The summed E-state index contributed by atoms with van der Waals surface area (Å²) in [7, 11) is 0. The Morgan fingerprint density at radius 3 is 2.25 bits per heavy atom. The number of rotatable bonds is 2. The highest BCUT2D eigenvalue weighted by atomic mass is 14.9. The number of nitrogens with one attached hydrogen (secondary N) is 1. The van der Waals surface area contributed by atoms with Crippen molar-refractivity contribution in [3.63, 3.8) is 0 Å². The van der Waals surface area contributed by atoms with Gasteiger partial charge in [-0.05, 0) is 40.7 Å². The van der Waals surface area contributed by atoms with Gasteiger partial charge in [-0.3, -0.25) is 0 Å². The molecule has 3 aromatic rings. The first-order valence-electron chi connectivity index (χ1n) is 8.71. The zero-order chi connectivity index (χ0) is 17.5. The average Bonchev–Trinajstić information content (AvgIpc) is 2.88. The quantitative estimate of drug-likeness (QED) is 0.605. The Bertz CT molecular complexity index is 858. The van der Waals surface area contributed by atoms with E-state index in [-0.39, 0.29) is 5.41 Å². The summed E-state index contributed by atoms with van der Waals surface area (Å²) < 4.78 is 0. The summed E-state index contributed by atoms with van der Waals surface area (Å²) in [5, 5.41) is 0. The van der Waals surface area contributed by atoms with Crippen LogP contribution in [0.4, 0.5) is 0 Å². The van der Waals surface area contributed by atoms with Gasteiger partial charge in [0.05, 0.1) is 11.0 Å². The fourth-order valence-electron chi connectivity index (χ4n) is 3.02. The molecule has 0 saturated heterocycles. The highest BCUT2D eigenvalue weighted by Crippen LogP contribution is 2.28. The molecule has 0 unspecified atom stereocenters. The van der Waals surface area contributed by atoms with Gasteiger partial charge in [0.25, 0.3) is 0 Å². The molecule has 1 N–H and O–H groups in total. The molecular formula is C22H28N2. The maximum absolute atomic E-state index is 4.73. The molecule has 0 amide bonds. The highest BCUT2D eigenvalue weighted by Gasteiger charge is 2.18. The van der Waals surface area contributed by atoms with Gasteiger partial charge < -0.3 is 4.98 Å². The fraction of sp³-hybridized carbons (Fsp3) is 0.409. The fourth-order valence-corrected chi connectivity index (χ4v) is 3.02. The standard InChI is InChI=1S/C22H28N2/c1-21(2,3)14-15-8-7-9-16(12-15)17-10-11-18-19(13-17)24-20(23-18)22(4,5)6/h7-13H,14H2,1-6H3,(H,23,24). The summed E-state index contributed by atoms with van der Waals surface area (Å²) >= 11 is 0. The number of fused-ring (bicyclic) bond motifs is 1. The van der Waals surface area contributed by atoms with Gasteiger partial charge >= 0.3 is 0 Å². The molecule has 0 saturated carbocycles. The van der Waals surface area contributed by atoms with E-state index in [1.807, 2.05) is 0 Å². The number of H-pyrrole nitrogens is 1. The van der Waals surface area contributed by atoms with Gasteiger partial charge in [0.2, 0.25) is 0 Å². The van der Waals surface area contributed by atoms with Crippen LogP contribution in [0.5, 0.6) is 0 Å². The second-order valence-corrected chi connectivity index (χ2v) is 9.01. The van der Waals surface area contributed by atoms with Crippen LogP contribution < -0.4 is 0 Å². The van der Waals surface area contributed by atoms with Crippen molar-refractivity contribution in [3.8, 4) is 11.1 Å². The molecule has 0 aliphatic carbocycles. The second-order valence-electron chi connectivity index (χ2n) is 9.01. The van der Waals surface area contributed by atoms with Crippen molar-refractivity contribution in [3.05, 3.63) is 53.9 Å². The van der Waals surface area contributed by atoms with Crippen LogP contribution in [0.2, 0.25) is 0 Å². The van der Waals surface area contributed by atoms with Gasteiger partial charge in [-0.25, -0.2) is 4.98 Å². The Morgan fingerprint density at radius 2 is 1.58 bits per heavy atom. The average molecular weight is 320 g/mol. The maximum atomic E-state index is 4.73. The number of nitrogens with zero attached hydrogens (tertiary/aromatic N) is 1. The van der Waals surface area contributed by atoms with Crippen molar-refractivity contribution in [2.24, 2.45) is 5.41 Å². The second kappa shape index (κ2) is 5.77. The van der Waals surface area contributed by atoms with Gasteiger partial charge in [0.1, 0.15) is 5.82 Å². The first-order valence-corrected chi connectivity index (χ1v) is 8.71. The summed E-state index contributed by atoms with van der Waals surface area (Å²) in [6.07, 6.45) is 1.08. The minimum Gasteiger partial charge on any atom is -0.342 e. The van der Waals surface area contributed by atoms with Crippen LogP contribution >= 0.6 is 0 Å². The molecule has 0 radical (unpaired) electrons. The molecule has 0 bridgehead atoms. The van der Waals surface area contributed by atoms with E-state index in [4.69, 9.17) is 4.98 Å². The predicted octanol–water partition coefficient (Wildman–Crippen LogP) is 6.12. The zero-order valence-electron chi connectivity index (χ0n) is 15.7. The van der Waals surface area contributed by atoms with E-state index < -0.39 is 0 Å². The van der Waals surface area contributed by atoms with Crippen molar-refractivity contribution in [1.29, 1.82) is 0 Å². The molecule has 1 aromatic heterocycles. The third kappa shape index (κ3) is 3.69. The predicted molar refractivity (Wildman–Crippen MR) is 103 cm³/mol. The van der Waals surface area contributed by atoms with E-state index >= 15 is 0 Å². The third-order valence-electron chi connectivity index (χ3n) is 4.19. The van der Waals surface area contributed by atoms with Crippen LogP contribution in [0.1, 0.15) is 52.9 Å². The number of aromatic amines is 1.